The molecule has 0 bridgehead atoms. The minimum atomic E-state index is 0.0127. The molecule has 1 unspecified atom stereocenters. The zero-order valence-electron chi connectivity index (χ0n) is 11.0. The molecule has 4 nitrogen and oxygen atoms in total. The Labute approximate surface area is 108 Å². The number of hydrogen-bond donors (Lipinski definition) is 1. The predicted octanol–water partition coefficient (Wildman–Crippen LogP) is 2.60. The van der Waals surface area contributed by atoms with Crippen LogP contribution in [0.1, 0.15) is 31.4 Å². The van der Waals surface area contributed by atoms with E-state index in [1.807, 2.05) is 31.0 Å². The number of benzene rings is 1. The molecule has 1 aliphatic heterocycles. The van der Waals surface area contributed by atoms with Gasteiger partial charge in [0.05, 0.1) is 6.04 Å². The van der Waals surface area contributed by atoms with Crippen LogP contribution in [0.5, 0.6) is 5.75 Å². The zero-order valence-corrected chi connectivity index (χ0v) is 11.0. The summed E-state index contributed by atoms with van der Waals surface area (Å²) in [5.41, 5.74) is 1.03. The van der Waals surface area contributed by atoms with E-state index in [1.165, 1.54) is 0 Å². The van der Waals surface area contributed by atoms with Gasteiger partial charge in [0.2, 0.25) is 0 Å². The number of nitrogens with zero attached hydrogens (tertiary/aromatic N) is 2. The number of likely N-dealkylation sites (tertiary alicyclic amines) is 1. The van der Waals surface area contributed by atoms with Gasteiger partial charge in [-0.25, -0.2) is 4.79 Å². The average Bonchev–Trinajstić information content (AvgIpc) is 2.91. The molecule has 1 aromatic carbocycles. The molecule has 4 heteroatoms. The molecule has 1 saturated heterocycles. The highest BCUT2D eigenvalue weighted by atomic mass is 16.3. The fraction of sp³-hybridized carbons (Fsp3) is 0.500. The lowest BCUT2D eigenvalue weighted by Gasteiger charge is -2.29. The Balaban J connectivity index is 2.05. The molecule has 1 aromatic rings. The van der Waals surface area contributed by atoms with Gasteiger partial charge in [0.25, 0.3) is 0 Å². The Kier molecular flexibility index (Phi) is 3.75. The molecule has 0 spiro atoms. The molecule has 1 heterocycles. The molecule has 98 valence electrons. The van der Waals surface area contributed by atoms with Crippen molar-refractivity contribution in [2.75, 3.05) is 20.1 Å². The van der Waals surface area contributed by atoms with Gasteiger partial charge in [-0.05, 0) is 37.5 Å². The molecule has 0 saturated carbocycles. The summed E-state index contributed by atoms with van der Waals surface area (Å²) in [4.78, 5) is 15.9. The van der Waals surface area contributed by atoms with Gasteiger partial charge in [-0.1, -0.05) is 12.1 Å². The van der Waals surface area contributed by atoms with Crippen LogP contribution >= 0.6 is 0 Å². The highest BCUT2D eigenvalue weighted by Gasteiger charge is 2.24. The monoisotopic (exact) mass is 248 g/mol. The minimum Gasteiger partial charge on any atom is -0.508 e. The predicted molar refractivity (Wildman–Crippen MR) is 70.5 cm³/mol. The van der Waals surface area contributed by atoms with E-state index in [2.05, 4.69) is 0 Å². The van der Waals surface area contributed by atoms with Gasteiger partial charge in [-0.3, -0.25) is 0 Å². The number of aromatic hydroxyl groups is 1. The Morgan fingerprint density at radius 3 is 2.39 bits per heavy atom. The Morgan fingerprint density at radius 2 is 1.83 bits per heavy atom. The van der Waals surface area contributed by atoms with Crippen LogP contribution < -0.4 is 0 Å². The van der Waals surface area contributed by atoms with Crippen molar-refractivity contribution in [3.05, 3.63) is 29.8 Å². The van der Waals surface area contributed by atoms with Crippen molar-refractivity contribution in [2.45, 2.75) is 25.8 Å². The summed E-state index contributed by atoms with van der Waals surface area (Å²) in [6.45, 7) is 3.73. The average molecular weight is 248 g/mol. The lowest BCUT2D eigenvalue weighted by molar-refractivity contribution is 0.159. The Hall–Kier alpha value is -1.71. The standard InChI is InChI=1S/C14H20N2O2/c1-11(12-5-7-13(17)8-6-12)15(2)14(18)16-9-3-4-10-16/h5-8,11,17H,3-4,9-10H2,1-2H3. The Bertz CT molecular complexity index is 410. The van der Waals surface area contributed by atoms with Crippen molar-refractivity contribution < 1.29 is 9.90 Å². The largest absolute Gasteiger partial charge is 0.508 e. The van der Waals surface area contributed by atoms with Crippen LogP contribution in [0.2, 0.25) is 0 Å². The smallest absolute Gasteiger partial charge is 0.320 e. The van der Waals surface area contributed by atoms with Gasteiger partial charge in [-0.2, -0.15) is 0 Å². The van der Waals surface area contributed by atoms with Crippen LogP contribution in [-0.4, -0.2) is 41.1 Å². The fourth-order valence-corrected chi connectivity index (χ4v) is 2.27. The summed E-state index contributed by atoms with van der Waals surface area (Å²) in [5, 5.41) is 9.27. The maximum absolute atomic E-state index is 12.2. The van der Waals surface area contributed by atoms with Crippen LogP contribution in [-0.2, 0) is 0 Å². The molecule has 2 amide bonds. The van der Waals surface area contributed by atoms with Crippen molar-refractivity contribution in [1.29, 1.82) is 0 Å². The maximum Gasteiger partial charge on any atom is 0.320 e. The molecular weight excluding hydrogens is 228 g/mol. The SMILES string of the molecule is CC(c1ccc(O)cc1)N(C)C(=O)N1CCCC1. The number of phenolic OH excluding ortho intramolecular Hbond substituents is 1. The highest BCUT2D eigenvalue weighted by molar-refractivity contribution is 5.75. The molecule has 1 fully saturated rings. The van der Waals surface area contributed by atoms with Gasteiger partial charge in [0, 0.05) is 20.1 Å². The molecule has 0 radical (unpaired) electrons. The molecule has 1 N–H and O–H groups in total. The summed E-state index contributed by atoms with van der Waals surface area (Å²) in [6.07, 6.45) is 2.21. The number of carbonyl (C=O) groups excluding carboxylic acids is 1. The van der Waals surface area contributed by atoms with Crippen LogP contribution in [0, 0.1) is 0 Å². The molecule has 0 aromatic heterocycles. The minimum absolute atomic E-state index is 0.0127. The number of rotatable bonds is 2. The van der Waals surface area contributed by atoms with E-state index in [-0.39, 0.29) is 17.8 Å². The third-order valence-electron chi connectivity index (χ3n) is 3.63. The molecule has 1 aliphatic rings. The lowest BCUT2D eigenvalue weighted by atomic mass is 10.1. The van der Waals surface area contributed by atoms with E-state index in [9.17, 15) is 9.90 Å². The second-order valence-corrected chi connectivity index (χ2v) is 4.86. The van der Waals surface area contributed by atoms with E-state index in [4.69, 9.17) is 0 Å². The summed E-state index contributed by atoms with van der Waals surface area (Å²) in [7, 11) is 1.83. The molecular formula is C14H20N2O2. The second-order valence-electron chi connectivity index (χ2n) is 4.86. The molecule has 2 rings (SSSR count). The topological polar surface area (TPSA) is 43.8 Å². The van der Waals surface area contributed by atoms with Gasteiger partial charge >= 0.3 is 6.03 Å². The van der Waals surface area contributed by atoms with Crippen molar-refractivity contribution >= 4 is 6.03 Å². The quantitative estimate of drug-likeness (QED) is 0.874. The third-order valence-corrected chi connectivity index (χ3v) is 3.63. The van der Waals surface area contributed by atoms with E-state index < -0.39 is 0 Å². The zero-order chi connectivity index (χ0) is 13.1. The van der Waals surface area contributed by atoms with Crippen molar-refractivity contribution in [2.24, 2.45) is 0 Å². The van der Waals surface area contributed by atoms with E-state index in [0.717, 1.165) is 31.5 Å². The first-order chi connectivity index (χ1) is 8.59. The van der Waals surface area contributed by atoms with Crippen LogP contribution in [0.3, 0.4) is 0 Å². The molecule has 0 aliphatic carbocycles. The van der Waals surface area contributed by atoms with Crippen LogP contribution in [0.4, 0.5) is 4.79 Å². The number of hydrogen-bond acceptors (Lipinski definition) is 2. The summed E-state index contributed by atoms with van der Waals surface area (Å²) in [5.74, 6) is 0.250. The van der Waals surface area contributed by atoms with Gasteiger partial charge in [0.15, 0.2) is 0 Å². The first-order valence-electron chi connectivity index (χ1n) is 6.40. The summed E-state index contributed by atoms with van der Waals surface area (Å²) in [6, 6.07) is 7.12. The van der Waals surface area contributed by atoms with Gasteiger partial charge in [-0.15, -0.1) is 0 Å². The van der Waals surface area contributed by atoms with Gasteiger partial charge < -0.3 is 14.9 Å². The number of carbonyl (C=O) groups is 1. The number of amides is 2. The normalized spacial score (nSPS) is 16.7. The Morgan fingerprint density at radius 1 is 1.28 bits per heavy atom. The van der Waals surface area contributed by atoms with E-state index in [1.54, 1.807) is 17.0 Å². The third kappa shape index (κ3) is 2.58. The summed E-state index contributed by atoms with van der Waals surface area (Å²) >= 11 is 0. The molecule has 1 atom stereocenters. The second kappa shape index (κ2) is 5.29. The van der Waals surface area contributed by atoms with Crippen molar-refractivity contribution in [1.82, 2.24) is 9.80 Å². The number of phenols is 1. The van der Waals surface area contributed by atoms with Crippen LogP contribution in [0.15, 0.2) is 24.3 Å². The highest BCUT2D eigenvalue weighted by Crippen LogP contribution is 2.23. The lowest BCUT2D eigenvalue weighted by Crippen LogP contribution is -2.40. The maximum atomic E-state index is 12.2. The van der Waals surface area contributed by atoms with Crippen LogP contribution in [0.25, 0.3) is 0 Å². The first-order valence-corrected chi connectivity index (χ1v) is 6.40. The van der Waals surface area contributed by atoms with E-state index >= 15 is 0 Å². The molecule has 18 heavy (non-hydrogen) atoms. The van der Waals surface area contributed by atoms with E-state index in [0.29, 0.717) is 0 Å². The first kappa shape index (κ1) is 12.7. The van der Waals surface area contributed by atoms with Crippen molar-refractivity contribution in [3.8, 4) is 5.75 Å². The number of urea groups is 1. The van der Waals surface area contributed by atoms with Crippen molar-refractivity contribution in [3.63, 3.8) is 0 Å². The van der Waals surface area contributed by atoms with Gasteiger partial charge in [0.1, 0.15) is 5.75 Å². The fourth-order valence-electron chi connectivity index (χ4n) is 2.27. The summed E-state index contributed by atoms with van der Waals surface area (Å²) < 4.78 is 0.